The molecule has 1 N–H and O–H groups in total. The predicted octanol–water partition coefficient (Wildman–Crippen LogP) is 4.91. The van der Waals surface area contributed by atoms with E-state index in [1.54, 1.807) is 18.2 Å². The van der Waals surface area contributed by atoms with Crippen LogP contribution < -0.4 is 14.4 Å². The maximum atomic E-state index is 13.4. The van der Waals surface area contributed by atoms with Gasteiger partial charge in [0.15, 0.2) is 16.6 Å². The summed E-state index contributed by atoms with van der Waals surface area (Å²) in [5.41, 5.74) is 2.04. The van der Waals surface area contributed by atoms with Crippen LogP contribution >= 0.6 is 11.3 Å². The smallest absolute Gasteiger partial charge is 0.301 e. The molecule has 0 saturated carbocycles. The van der Waals surface area contributed by atoms with Crippen LogP contribution in [0.5, 0.6) is 11.5 Å². The fourth-order valence-electron chi connectivity index (χ4n) is 4.59. The van der Waals surface area contributed by atoms with E-state index in [0.717, 1.165) is 10.3 Å². The number of carbonyl (C=O) groups is 2. The van der Waals surface area contributed by atoms with Gasteiger partial charge in [0, 0.05) is 17.7 Å². The number of aliphatic hydroxyl groups is 1. The molecule has 190 valence electrons. The summed E-state index contributed by atoms with van der Waals surface area (Å²) in [6.07, 6.45) is 0. The first-order chi connectivity index (χ1) is 18.3. The van der Waals surface area contributed by atoms with E-state index in [2.05, 4.69) is 4.98 Å². The molecule has 1 saturated heterocycles. The topological polar surface area (TPSA) is 132 Å². The lowest BCUT2D eigenvalue weighted by atomic mass is 9.95. The van der Waals surface area contributed by atoms with E-state index in [1.165, 1.54) is 40.5 Å². The third-order valence-corrected chi connectivity index (χ3v) is 7.44. The SMILES string of the molecule is Cc1ccc2nc(N3C(=O)C(=O)C(=C(O)c4ccc5c(c4)OCCO5)C3c3ccc([N+](=O)[O-])cc3)sc2c1. The van der Waals surface area contributed by atoms with Gasteiger partial charge in [-0.15, -0.1) is 0 Å². The lowest BCUT2D eigenvalue weighted by Crippen LogP contribution is -2.29. The van der Waals surface area contributed by atoms with Crippen molar-refractivity contribution in [2.24, 2.45) is 0 Å². The maximum absolute atomic E-state index is 13.4. The maximum Gasteiger partial charge on any atom is 0.301 e. The van der Waals surface area contributed by atoms with E-state index < -0.39 is 28.4 Å². The summed E-state index contributed by atoms with van der Waals surface area (Å²) in [6.45, 7) is 2.67. The number of carbonyl (C=O) groups excluding carboxylic acids is 2. The number of thiazole rings is 1. The van der Waals surface area contributed by atoms with Crippen LogP contribution in [0.4, 0.5) is 10.8 Å². The largest absolute Gasteiger partial charge is 0.507 e. The van der Waals surface area contributed by atoms with E-state index in [9.17, 15) is 24.8 Å². The number of anilines is 1. The van der Waals surface area contributed by atoms with E-state index in [4.69, 9.17) is 9.47 Å². The van der Waals surface area contributed by atoms with E-state index >= 15 is 0 Å². The number of aryl methyl sites for hydroxylation is 1. The van der Waals surface area contributed by atoms with Crippen molar-refractivity contribution in [3.05, 3.63) is 93.0 Å². The standard InChI is InChI=1S/C27H19N3O7S/c1-14-2-8-18-21(12-14)38-27(28-18)29-23(15-3-6-17(7-4-15)30(34)35)22(25(32)26(29)33)24(31)16-5-9-19-20(13-16)37-11-10-36-19/h2-9,12-13,23,31H,10-11H2,1H3. The van der Waals surface area contributed by atoms with Crippen LogP contribution in [-0.4, -0.2) is 39.9 Å². The summed E-state index contributed by atoms with van der Waals surface area (Å²) < 4.78 is 12.0. The highest BCUT2D eigenvalue weighted by atomic mass is 32.1. The Bertz CT molecular complexity index is 1680. The molecular weight excluding hydrogens is 510 g/mol. The molecule has 0 spiro atoms. The molecule has 0 bridgehead atoms. The number of ether oxygens (including phenoxy) is 2. The Labute approximate surface area is 219 Å². The second kappa shape index (κ2) is 8.96. The molecule has 1 aromatic heterocycles. The van der Waals surface area contributed by atoms with E-state index in [-0.39, 0.29) is 22.0 Å². The minimum Gasteiger partial charge on any atom is -0.507 e. The van der Waals surface area contributed by atoms with Crippen molar-refractivity contribution in [2.45, 2.75) is 13.0 Å². The van der Waals surface area contributed by atoms with Crippen molar-refractivity contribution in [1.82, 2.24) is 4.98 Å². The summed E-state index contributed by atoms with van der Waals surface area (Å²) in [4.78, 5) is 43.4. The van der Waals surface area contributed by atoms with Crippen molar-refractivity contribution in [2.75, 3.05) is 18.1 Å². The minimum atomic E-state index is -1.06. The van der Waals surface area contributed by atoms with Crippen molar-refractivity contribution in [3.8, 4) is 11.5 Å². The first-order valence-electron chi connectivity index (χ1n) is 11.6. The van der Waals surface area contributed by atoms with Crippen LogP contribution in [-0.2, 0) is 9.59 Å². The molecular formula is C27H19N3O7S. The number of aliphatic hydroxyl groups excluding tert-OH is 1. The Hall–Kier alpha value is -4.77. The molecule has 1 amide bonds. The lowest BCUT2D eigenvalue weighted by molar-refractivity contribution is -0.384. The van der Waals surface area contributed by atoms with E-state index in [1.807, 2.05) is 25.1 Å². The Balaban J connectivity index is 1.53. The Morgan fingerprint density at radius 2 is 1.79 bits per heavy atom. The predicted molar refractivity (Wildman–Crippen MR) is 140 cm³/mol. The minimum absolute atomic E-state index is 0.145. The van der Waals surface area contributed by atoms with Gasteiger partial charge < -0.3 is 14.6 Å². The zero-order valence-electron chi connectivity index (χ0n) is 19.9. The van der Waals surface area contributed by atoms with E-state index in [0.29, 0.717) is 35.8 Å². The number of hydrogen-bond acceptors (Lipinski definition) is 9. The number of fused-ring (bicyclic) bond motifs is 2. The fourth-order valence-corrected chi connectivity index (χ4v) is 5.68. The number of benzene rings is 3. The molecule has 1 fully saturated rings. The zero-order chi connectivity index (χ0) is 26.6. The molecule has 0 radical (unpaired) electrons. The fraction of sp³-hybridized carbons (Fsp3) is 0.148. The van der Waals surface area contributed by atoms with Crippen molar-refractivity contribution < 1.29 is 29.1 Å². The zero-order valence-corrected chi connectivity index (χ0v) is 20.7. The number of nitro groups is 1. The molecule has 0 aliphatic carbocycles. The number of nitrogens with zero attached hydrogens (tertiary/aromatic N) is 3. The summed E-state index contributed by atoms with van der Waals surface area (Å²) in [6, 6.07) is 14.9. The Kier molecular flexibility index (Phi) is 5.57. The third kappa shape index (κ3) is 3.84. The van der Waals surface area contributed by atoms with Crippen LogP contribution in [0.25, 0.3) is 16.0 Å². The number of Topliss-reactive ketones (excluding diaryl/α,β-unsaturated/α-hetero) is 1. The summed E-state index contributed by atoms with van der Waals surface area (Å²) in [7, 11) is 0. The highest BCUT2D eigenvalue weighted by Crippen LogP contribution is 2.45. The van der Waals surface area contributed by atoms with Gasteiger partial charge in [-0.1, -0.05) is 17.4 Å². The van der Waals surface area contributed by atoms with Crippen LogP contribution in [0.2, 0.25) is 0 Å². The molecule has 3 aromatic carbocycles. The summed E-state index contributed by atoms with van der Waals surface area (Å²) in [5.74, 6) is -1.24. The van der Waals surface area contributed by atoms with Gasteiger partial charge in [0.2, 0.25) is 0 Å². The molecule has 11 heteroatoms. The van der Waals surface area contributed by atoms with Crippen LogP contribution in [0.3, 0.4) is 0 Å². The first-order valence-corrected chi connectivity index (χ1v) is 12.5. The summed E-state index contributed by atoms with van der Waals surface area (Å²) in [5, 5.41) is 22.9. The van der Waals surface area contributed by atoms with Gasteiger partial charge in [0.25, 0.3) is 11.5 Å². The number of nitro benzene ring substituents is 1. The molecule has 1 unspecified atom stereocenters. The second-order valence-electron chi connectivity index (χ2n) is 8.84. The van der Waals surface area contributed by atoms with Crippen molar-refractivity contribution >= 4 is 49.8 Å². The molecule has 3 heterocycles. The molecule has 4 aromatic rings. The lowest BCUT2D eigenvalue weighted by Gasteiger charge is -2.23. The first kappa shape index (κ1) is 23.6. The Morgan fingerprint density at radius 3 is 2.53 bits per heavy atom. The van der Waals surface area contributed by atoms with Gasteiger partial charge in [-0.3, -0.25) is 24.6 Å². The second-order valence-corrected chi connectivity index (χ2v) is 9.85. The van der Waals surface area contributed by atoms with Crippen molar-refractivity contribution in [3.63, 3.8) is 0 Å². The highest BCUT2D eigenvalue weighted by Gasteiger charge is 2.48. The van der Waals surface area contributed by atoms with Crippen LogP contribution in [0, 0.1) is 17.0 Å². The third-order valence-electron chi connectivity index (χ3n) is 6.42. The molecule has 6 rings (SSSR count). The molecule has 10 nitrogen and oxygen atoms in total. The van der Waals surface area contributed by atoms with Crippen LogP contribution in [0.15, 0.2) is 66.2 Å². The average Bonchev–Trinajstić information content (AvgIpc) is 3.45. The number of ketones is 1. The summed E-state index contributed by atoms with van der Waals surface area (Å²) >= 11 is 1.24. The monoisotopic (exact) mass is 529 g/mol. The Morgan fingerprint density at radius 1 is 1.05 bits per heavy atom. The van der Waals surface area contributed by atoms with Crippen molar-refractivity contribution in [1.29, 1.82) is 0 Å². The number of amides is 1. The quantitative estimate of drug-likeness (QED) is 0.130. The average molecular weight is 530 g/mol. The van der Waals surface area contributed by atoms with Crippen LogP contribution in [0.1, 0.15) is 22.7 Å². The van der Waals surface area contributed by atoms with Gasteiger partial charge in [-0.05, 0) is 60.5 Å². The normalized spacial score (nSPS) is 18.2. The molecule has 2 aliphatic heterocycles. The molecule has 2 aliphatic rings. The number of aromatic nitrogens is 1. The number of non-ortho nitro benzene ring substituents is 1. The van der Waals surface area contributed by atoms with Gasteiger partial charge in [-0.2, -0.15) is 0 Å². The van der Waals surface area contributed by atoms with Gasteiger partial charge >= 0.3 is 5.91 Å². The molecule has 1 atom stereocenters. The van der Waals surface area contributed by atoms with Gasteiger partial charge in [-0.25, -0.2) is 4.98 Å². The number of hydrogen-bond donors (Lipinski definition) is 1. The van der Waals surface area contributed by atoms with Gasteiger partial charge in [0.1, 0.15) is 19.0 Å². The highest BCUT2D eigenvalue weighted by molar-refractivity contribution is 7.22. The number of rotatable bonds is 4. The molecule has 38 heavy (non-hydrogen) atoms. The van der Waals surface area contributed by atoms with Gasteiger partial charge in [0.05, 0.1) is 26.8 Å².